The largest absolute Gasteiger partial charge is 0.457 e. The van der Waals surface area contributed by atoms with Crippen molar-refractivity contribution < 1.29 is 31.2 Å². The predicted molar refractivity (Wildman–Crippen MR) is 226 cm³/mol. The molecule has 4 aromatic carbocycles. The zero-order valence-corrected chi connectivity index (χ0v) is 34.3. The highest BCUT2D eigenvalue weighted by molar-refractivity contribution is 7.91. The number of likely N-dealkylation sites (tertiary alicyclic amines) is 2. The van der Waals surface area contributed by atoms with Crippen LogP contribution in [0.4, 0.5) is 0 Å². The van der Waals surface area contributed by atoms with Crippen LogP contribution in [-0.4, -0.2) is 97.9 Å². The number of nitrogens with two attached hydrogens (primary N) is 1. The van der Waals surface area contributed by atoms with Gasteiger partial charge < -0.3 is 25.3 Å². The van der Waals surface area contributed by atoms with Crippen LogP contribution in [0.2, 0.25) is 0 Å². The monoisotopic (exact) mass is 836 g/mol. The molecule has 15 heteroatoms. The molecule has 2 amide bonds. The summed E-state index contributed by atoms with van der Waals surface area (Å²) in [4.78, 5) is 43.1. The van der Waals surface area contributed by atoms with E-state index in [9.17, 15) is 26.4 Å². The Morgan fingerprint density at radius 3 is 2.00 bits per heavy atom. The van der Waals surface area contributed by atoms with Gasteiger partial charge in [-0.05, 0) is 91.9 Å². The molecule has 2 aliphatic heterocycles. The van der Waals surface area contributed by atoms with Gasteiger partial charge in [-0.3, -0.25) is 14.6 Å². The van der Waals surface area contributed by atoms with Crippen LogP contribution in [-0.2, 0) is 29.3 Å². The molecule has 59 heavy (non-hydrogen) atoms. The number of nitrogens with one attached hydrogen (secondary N) is 1. The van der Waals surface area contributed by atoms with E-state index in [4.69, 9.17) is 15.5 Å². The highest BCUT2D eigenvalue weighted by Gasteiger charge is 2.33. The molecule has 0 bridgehead atoms. The molecule has 3 heterocycles. The van der Waals surface area contributed by atoms with Gasteiger partial charge in [0.05, 0.1) is 57.5 Å². The van der Waals surface area contributed by atoms with Crippen molar-refractivity contribution in [2.24, 2.45) is 10.7 Å². The third kappa shape index (κ3) is 10.2. The van der Waals surface area contributed by atoms with E-state index >= 15 is 0 Å². The van der Waals surface area contributed by atoms with Crippen LogP contribution < -0.4 is 10.5 Å². The van der Waals surface area contributed by atoms with E-state index in [0.717, 1.165) is 42.5 Å². The van der Waals surface area contributed by atoms with Gasteiger partial charge in [-0.15, -0.1) is 0 Å². The van der Waals surface area contributed by atoms with Gasteiger partial charge in [0, 0.05) is 38.0 Å². The van der Waals surface area contributed by atoms with Crippen LogP contribution in [0.25, 0.3) is 11.3 Å². The summed E-state index contributed by atoms with van der Waals surface area (Å²) in [6.07, 6.45) is 4.69. The number of hydrogen-bond acceptors (Lipinski definition) is 10. The van der Waals surface area contributed by atoms with E-state index in [1.54, 1.807) is 76.7 Å². The smallest absolute Gasteiger partial charge is 0.224 e. The van der Waals surface area contributed by atoms with Crippen molar-refractivity contribution >= 4 is 37.2 Å². The number of H-pyrrole nitrogens is 1. The molecule has 7 rings (SSSR count). The summed E-state index contributed by atoms with van der Waals surface area (Å²) in [6.45, 7) is 1.69. The number of rotatable bonds is 16. The van der Waals surface area contributed by atoms with Gasteiger partial charge in [-0.25, -0.2) is 21.8 Å². The molecule has 2 unspecified atom stereocenters. The number of imidazole rings is 1. The fourth-order valence-corrected chi connectivity index (χ4v) is 10.1. The summed E-state index contributed by atoms with van der Waals surface area (Å²) < 4.78 is 57.3. The summed E-state index contributed by atoms with van der Waals surface area (Å²) in [5.74, 6) is 0.981. The number of ether oxygens (including phenoxy) is 1. The highest BCUT2D eigenvalue weighted by atomic mass is 32.2. The van der Waals surface area contributed by atoms with Gasteiger partial charge in [0.15, 0.2) is 19.7 Å². The summed E-state index contributed by atoms with van der Waals surface area (Å²) in [6, 6.07) is 31.0. The van der Waals surface area contributed by atoms with E-state index in [0.29, 0.717) is 42.7 Å². The van der Waals surface area contributed by atoms with Crippen molar-refractivity contribution in [1.82, 2.24) is 19.8 Å². The lowest BCUT2D eigenvalue weighted by atomic mass is 10.1. The zero-order valence-electron chi connectivity index (χ0n) is 32.7. The van der Waals surface area contributed by atoms with Crippen molar-refractivity contribution in [1.29, 1.82) is 0 Å². The summed E-state index contributed by atoms with van der Waals surface area (Å²) in [5, 5.41) is 0. The summed E-state index contributed by atoms with van der Waals surface area (Å²) in [7, 11) is -7.12. The highest BCUT2D eigenvalue weighted by Crippen LogP contribution is 2.33. The molecule has 5 aromatic rings. The minimum Gasteiger partial charge on any atom is -0.457 e. The molecule has 0 spiro atoms. The first kappa shape index (κ1) is 41.5. The molecule has 13 nitrogen and oxygen atoms in total. The molecule has 2 saturated heterocycles. The first-order valence-corrected chi connectivity index (χ1v) is 23.1. The van der Waals surface area contributed by atoms with Gasteiger partial charge in [-0.2, -0.15) is 0 Å². The molecule has 1 aromatic heterocycles. The quantitative estimate of drug-likeness (QED) is 0.113. The second-order valence-corrected chi connectivity index (χ2v) is 18.9. The maximum absolute atomic E-state index is 13.2. The number of aromatic amines is 1. The fraction of sp³-hybridized carbons (Fsp3) is 0.318. The SMILES string of the molecule is NCC(=NCC1CCCN1C(=O)CCS(=O)(=O)c1ccccc1)c1ccc(Oc2cccc(-c3cnc(C4CCCN4C(=O)CCS(=O)(=O)c4ccccc4)[nH]3)c2)cc1. The Labute approximate surface area is 345 Å². The molecule has 0 radical (unpaired) electrons. The van der Waals surface area contributed by atoms with Gasteiger partial charge in [0.25, 0.3) is 0 Å². The van der Waals surface area contributed by atoms with Crippen LogP contribution in [0.3, 0.4) is 0 Å². The number of carbonyl (C=O) groups excluding carboxylic acids is 2. The van der Waals surface area contributed by atoms with Crippen LogP contribution in [0.5, 0.6) is 11.5 Å². The Hall–Kier alpha value is -5.64. The molecule has 2 fully saturated rings. The minimum atomic E-state index is -3.57. The Morgan fingerprint density at radius 1 is 0.746 bits per heavy atom. The number of nitrogens with zero attached hydrogens (tertiary/aromatic N) is 4. The lowest BCUT2D eigenvalue weighted by molar-refractivity contribution is -0.132. The van der Waals surface area contributed by atoms with Crippen molar-refractivity contribution in [2.45, 2.75) is 60.4 Å². The van der Waals surface area contributed by atoms with E-state index < -0.39 is 19.7 Å². The van der Waals surface area contributed by atoms with Crippen LogP contribution in [0, 0.1) is 0 Å². The average Bonchev–Trinajstić information content (AvgIpc) is 4.06. The van der Waals surface area contributed by atoms with Gasteiger partial charge in [0.1, 0.15) is 17.3 Å². The maximum Gasteiger partial charge on any atom is 0.224 e. The second kappa shape index (κ2) is 18.5. The molecular formula is C44H48N6O7S2. The molecule has 0 aliphatic carbocycles. The minimum absolute atomic E-state index is 0.0800. The summed E-state index contributed by atoms with van der Waals surface area (Å²) in [5.41, 5.74) is 9.25. The summed E-state index contributed by atoms with van der Waals surface area (Å²) >= 11 is 0. The maximum atomic E-state index is 13.2. The van der Waals surface area contributed by atoms with E-state index in [1.807, 2.05) is 48.5 Å². The van der Waals surface area contributed by atoms with Crippen LogP contribution in [0.15, 0.2) is 130 Å². The normalized spacial score (nSPS) is 17.3. The van der Waals surface area contributed by atoms with Crippen molar-refractivity contribution in [2.75, 3.05) is 37.7 Å². The molecule has 2 aliphatic rings. The average molecular weight is 837 g/mol. The molecule has 3 N–H and O–H groups in total. The Bertz CT molecular complexity index is 2490. The third-order valence-corrected chi connectivity index (χ3v) is 14.3. The number of amides is 2. The van der Waals surface area contributed by atoms with Crippen molar-refractivity contribution in [3.05, 3.63) is 127 Å². The predicted octanol–water partition coefficient (Wildman–Crippen LogP) is 6.00. The Balaban J connectivity index is 0.937. The van der Waals surface area contributed by atoms with E-state index in [-0.39, 0.29) is 64.6 Å². The lowest BCUT2D eigenvalue weighted by Crippen LogP contribution is -2.38. The number of hydrogen-bond donors (Lipinski definition) is 2. The Kier molecular flexibility index (Phi) is 13.0. The standard InChI is InChI=1S/C44H48N6O7S2/c45-29-39(46-30-34-11-8-24-49(34)42(51)22-26-58(53,54)37-13-3-1-4-14-37)32-18-20-35(21-19-32)57-36-12-7-10-33(28-36)40-31-47-44(48-40)41-17-9-25-50(41)43(52)23-27-59(55,56)38-15-5-2-6-16-38/h1-7,10,12-16,18-21,28,31,34,41H,8-9,11,17,22-27,29-30,45H2,(H,47,48). The Morgan fingerprint density at radius 2 is 1.36 bits per heavy atom. The second-order valence-electron chi connectivity index (χ2n) is 14.7. The first-order chi connectivity index (χ1) is 28.5. The molecule has 308 valence electrons. The number of aromatic nitrogens is 2. The number of carbonyl (C=O) groups is 2. The van der Waals surface area contributed by atoms with Crippen molar-refractivity contribution in [3.8, 4) is 22.8 Å². The molecule has 0 saturated carbocycles. The number of aliphatic imine (C=N–C) groups is 1. The fourth-order valence-electron chi connectivity index (χ4n) is 7.65. The number of sulfone groups is 2. The molecular weight excluding hydrogens is 789 g/mol. The lowest BCUT2D eigenvalue weighted by Gasteiger charge is -2.24. The van der Waals surface area contributed by atoms with E-state index in [1.165, 1.54) is 0 Å². The van der Waals surface area contributed by atoms with Crippen LogP contribution in [0.1, 0.15) is 56.0 Å². The van der Waals surface area contributed by atoms with E-state index in [2.05, 4.69) is 9.97 Å². The molecule has 2 atom stereocenters. The van der Waals surface area contributed by atoms with Gasteiger partial charge >= 0.3 is 0 Å². The van der Waals surface area contributed by atoms with Gasteiger partial charge in [-0.1, -0.05) is 48.5 Å². The van der Waals surface area contributed by atoms with Crippen LogP contribution >= 0.6 is 0 Å². The number of benzene rings is 4. The topological polar surface area (TPSA) is 185 Å². The zero-order chi connectivity index (χ0) is 41.4. The third-order valence-electron chi connectivity index (χ3n) is 10.8. The van der Waals surface area contributed by atoms with Crippen molar-refractivity contribution in [3.63, 3.8) is 0 Å². The first-order valence-electron chi connectivity index (χ1n) is 19.8. The van der Waals surface area contributed by atoms with Gasteiger partial charge in [0.2, 0.25) is 11.8 Å².